The lowest BCUT2D eigenvalue weighted by atomic mass is 9.69. The zero-order chi connectivity index (χ0) is 11.1. The van der Waals surface area contributed by atoms with Crippen LogP contribution in [-0.4, -0.2) is 0 Å². The Morgan fingerprint density at radius 1 is 1.27 bits per heavy atom. The summed E-state index contributed by atoms with van der Waals surface area (Å²) in [7, 11) is 0. The Labute approximate surface area is 91.5 Å². The highest BCUT2D eigenvalue weighted by molar-refractivity contribution is 5.34. The van der Waals surface area contributed by atoms with Crippen LogP contribution >= 0.6 is 0 Å². The van der Waals surface area contributed by atoms with Crippen molar-refractivity contribution in [2.75, 3.05) is 0 Å². The smallest absolute Gasteiger partial charge is 0.123 e. The van der Waals surface area contributed by atoms with E-state index in [0.717, 1.165) is 6.42 Å². The predicted molar refractivity (Wildman–Crippen MR) is 61.5 cm³/mol. The summed E-state index contributed by atoms with van der Waals surface area (Å²) in [6.45, 7) is 6.82. The van der Waals surface area contributed by atoms with Crippen LogP contribution in [0.5, 0.6) is 0 Å². The first kappa shape index (κ1) is 10.7. The van der Waals surface area contributed by atoms with Crippen LogP contribution in [-0.2, 0) is 6.42 Å². The van der Waals surface area contributed by atoms with Gasteiger partial charge in [-0.15, -0.1) is 0 Å². The van der Waals surface area contributed by atoms with Gasteiger partial charge in [0.1, 0.15) is 5.82 Å². The number of hydrogen-bond acceptors (Lipinski definition) is 0. The molecule has 1 aromatic carbocycles. The van der Waals surface area contributed by atoms with Gasteiger partial charge in [0.25, 0.3) is 0 Å². The summed E-state index contributed by atoms with van der Waals surface area (Å²) in [5, 5.41) is 0. The fraction of sp³-hybridized carbons (Fsp3) is 0.571. The molecular weight excluding hydrogens is 187 g/mol. The largest absolute Gasteiger partial charge is 0.207 e. The van der Waals surface area contributed by atoms with Gasteiger partial charge in [-0.1, -0.05) is 26.8 Å². The van der Waals surface area contributed by atoms with E-state index in [1.165, 1.54) is 24.0 Å². The third-order valence-electron chi connectivity index (χ3n) is 3.46. The molecule has 0 aromatic heterocycles. The second kappa shape index (κ2) is 3.62. The minimum atomic E-state index is -0.0942. The first-order valence-electron chi connectivity index (χ1n) is 5.77. The lowest BCUT2D eigenvalue weighted by Gasteiger charge is -2.35. The zero-order valence-electron chi connectivity index (χ0n) is 9.81. The molecule has 1 atom stereocenters. The van der Waals surface area contributed by atoms with E-state index in [1.807, 2.05) is 6.07 Å². The Hall–Kier alpha value is -0.850. The molecule has 0 fully saturated rings. The average molecular weight is 206 g/mol. The number of rotatable bonds is 0. The molecule has 15 heavy (non-hydrogen) atoms. The fourth-order valence-corrected chi connectivity index (χ4v) is 2.68. The topological polar surface area (TPSA) is 0 Å². The van der Waals surface area contributed by atoms with Gasteiger partial charge in [-0.25, -0.2) is 4.39 Å². The number of benzene rings is 1. The minimum Gasteiger partial charge on any atom is -0.207 e. The van der Waals surface area contributed by atoms with Crippen LogP contribution in [0.1, 0.15) is 50.7 Å². The van der Waals surface area contributed by atoms with Crippen molar-refractivity contribution in [2.45, 2.75) is 46.0 Å². The monoisotopic (exact) mass is 206 g/mol. The van der Waals surface area contributed by atoms with E-state index in [9.17, 15) is 4.39 Å². The van der Waals surface area contributed by atoms with Gasteiger partial charge in [0, 0.05) is 0 Å². The molecule has 0 spiro atoms. The van der Waals surface area contributed by atoms with Gasteiger partial charge in [0.05, 0.1) is 0 Å². The SMILES string of the molecule is CC(C)(C)C1CCCc2cc(F)ccc21. The third-order valence-corrected chi connectivity index (χ3v) is 3.46. The second-order valence-electron chi connectivity index (χ2n) is 5.65. The van der Waals surface area contributed by atoms with Crippen LogP contribution < -0.4 is 0 Å². The number of hydrogen-bond donors (Lipinski definition) is 0. The van der Waals surface area contributed by atoms with Crippen molar-refractivity contribution in [2.24, 2.45) is 5.41 Å². The Morgan fingerprint density at radius 2 is 2.00 bits per heavy atom. The Kier molecular flexibility index (Phi) is 2.57. The van der Waals surface area contributed by atoms with E-state index in [4.69, 9.17) is 0 Å². The van der Waals surface area contributed by atoms with Crippen LogP contribution in [0.15, 0.2) is 18.2 Å². The normalized spacial score (nSPS) is 21.2. The summed E-state index contributed by atoms with van der Waals surface area (Å²) in [6, 6.07) is 5.30. The molecule has 1 aliphatic rings. The summed E-state index contributed by atoms with van der Waals surface area (Å²) in [5.74, 6) is 0.491. The lowest BCUT2D eigenvalue weighted by molar-refractivity contribution is 0.289. The van der Waals surface area contributed by atoms with Crippen LogP contribution in [0.4, 0.5) is 4.39 Å². The average Bonchev–Trinajstić information content (AvgIpc) is 2.15. The molecule has 1 heteroatoms. The summed E-state index contributed by atoms with van der Waals surface area (Å²) in [6.07, 6.45) is 3.47. The van der Waals surface area contributed by atoms with E-state index >= 15 is 0 Å². The van der Waals surface area contributed by atoms with Crippen molar-refractivity contribution in [1.82, 2.24) is 0 Å². The molecule has 0 radical (unpaired) electrons. The maximum atomic E-state index is 13.1. The standard InChI is InChI=1S/C14H19F/c1-14(2,3)13-6-4-5-10-9-11(15)7-8-12(10)13/h7-9,13H,4-6H2,1-3H3. The quantitative estimate of drug-likeness (QED) is 0.594. The van der Waals surface area contributed by atoms with E-state index in [2.05, 4.69) is 20.8 Å². The van der Waals surface area contributed by atoms with E-state index in [0.29, 0.717) is 5.92 Å². The van der Waals surface area contributed by atoms with Gasteiger partial charge in [-0.05, 0) is 53.9 Å². The molecule has 0 amide bonds. The van der Waals surface area contributed by atoms with Crippen molar-refractivity contribution < 1.29 is 4.39 Å². The molecule has 0 N–H and O–H groups in total. The first-order chi connectivity index (χ1) is 6.98. The van der Waals surface area contributed by atoms with Crippen molar-refractivity contribution >= 4 is 0 Å². The summed E-state index contributed by atoms with van der Waals surface area (Å²) < 4.78 is 13.1. The molecule has 2 rings (SSSR count). The van der Waals surface area contributed by atoms with E-state index in [-0.39, 0.29) is 11.2 Å². The summed E-state index contributed by atoms with van der Waals surface area (Å²) >= 11 is 0. The lowest BCUT2D eigenvalue weighted by Crippen LogP contribution is -2.23. The highest BCUT2D eigenvalue weighted by Gasteiger charge is 2.30. The molecule has 0 heterocycles. The molecule has 0 aliphatic heterocycles. The maximum Gasteiger partial charge on any atom is 0.123 e. The molecule has 0 nitrogen and oxygen atoms in total. The zero-order valence-corrected chi connectivity index (χ0v) is 9.81. The molecule has 0 saturated carbocycles. The minimum absolute atomic E-state index is 0.0942. The molecular formula is C14H19F. The van der Waals surface area contributed by atoms with Crippen molar-refractivity contribution in [3.05, 3.63) is 35.1 Å². The predicted octanol–water partition coefficient (Wildman–Crippen LogP) is 4.29. The molecule has 1 aliphatic carbocycles. The van der Waals surface area contributed by atoms with Gasteiger partial charge < -0.3 is 0 Å². The van der Waals surface area contributed by atoms with Crippen molar-refractivity contribution in [3.8, 4) is 0 Å². The van der Waals surface area contributed by atoms with E-state index < -0.39 is 0 Å². The second-order valence-corrected chi connectivity index (χ2v) is 5.65. The van der Waals surface area contributed by atoms with Crippen LogP contribution in [0.25, 0.3) is 0 Å². The summed E-state index contributed by atoms with van der Waals surface area (Å²) in [4.78, 5) is 0. The van der Waals surface area contributed by atoms with Crippen LogP contribution in [0.2, 0.25) is 0 Å². The van der Waals surface area contributed by atoms with Gasteiger partial charge in [-0.2, -0.15) is 0 Å². The van der Waals surface area contributed by atoms with Gasteiger partial charge in [0.2, 0.25) is 0 Å². The molecule has 1 unspecified atom stereocenters. The Balaban J connectivity index is 2.43. The van der Waals surface area contributed by atoms with E-state index in [1.54, 1.807) is 12.1 Å². The molecule has 0 saturated heterocycles. The highest BCUT2D eigenvalue weighted by atomic mass is 19.1. The summed E-state index contributed by atoms with van der Waals surface area (Å²) in [5.41, 5.74) is 2.88. The van der Waals surface area contributed by atoms with Gasteiger partial charge in [0.15, 0.2) is 0 Å². The number of halogens is 1. The van der Waals surface area contributed by atoms with Crippen molar-refractivity contribution in [3.63, 3.8) is 0 Å². The molecule has 82 valence electrons. The number of aryl methyl sites for hydroxylation is 1. The maximum absolute atomic E-state index is 13.1. The van der Waals surface area contributed by atoms with Gasteiger partial charge >= 0.3 is 0 Å². The third kappa shape index (κ3) is 2.06. The first-order valence-corrected chi connectivity index (χ1v) is 5.77. The van der Waals surface area contributed by atoms with Crippen LogP contribution in [0.3, 0.4) is 0 Å². The van der Waals surface area contributed by atoms with Gasteiger partial charge in [-0.3, -0.25) is 0 Å². The number of fused-ring (bicyclic) bond motifs is 1. The fourth-order valence-electron chi connectivity index (χ4n) is 2.68. The molecule has 1 aromatic rings. The highest BCUT2D eigenvalue weighted by Crippen LogP contribution is 2.43. The Bertz CT molecular complexity index is 360. The molecule has 0 bridgehead atoms. The van der Waals surface area contributed by atoms with Crippen molar-refractivity contribution in [1.29, 1.82) is 0 Å². The van der Waals surface area contributed by atoms with Crippen LogP contribution in [0, 0.1) is 11.2 Å². The Morgan fingerprint density at radius 3 is 2.67 bits per heavy atom.